The molecule has 0 saturated heterocycles. The molecule has 2 heterocycles. The summed E-state index contributed by atoms with van der Waals surface area (Å²) >= 11 is 0. The van der Waals surface area contributed by atoms with Gasteiger partial charge in [0, 0.05) is 35.8 Å². The molecule has 0 aliphatic carbocycles. The smallest absolute Gasteiger partial charge is 0.161 e. The van der Waals surface area contributed by atoms with E-state index < -0.39 is 0 Å². The van der Waals surface area contributed by atoms with E-state index in [9.17, 15) is 4.79 Å². The molecule has 0 spiro atoms. The van der Waals surface area contributed by atoms with Gasteiger partial charge in [-0.05, 0) is 49.6 Å². The summed E-state index contributed by atoms with van der Waals surface area (Å²) in [5, 5.41) is 0. The number of aromatic nitrogens is 1. The summed E-state index contributed by atoms with van der Waals surface area (Å²) in [4.78, 5) is 17.9. The molecule has 1 aromatic carbocycles. The van der Waals surface area contributed by atoms with Crippen molar-refractivity contribution in [3.05, 3.63) is 47.8 Å². The van der Waals surface area contributed by atoms with Gasteiger partial charge < -0.3 is 10.6 Å². The van der Waals surface area contributed by atoms with Crippen molar-refractivity contribution in [1.82, 2.24) is 4.98 Å². The van der Waals surface area contributed by atoms with Crippen molar-refractivity contribution < 1.29 is 4.79 Å². The Hall–Kier alpha value is -2.20. The highest BCUT2D eigenvalue weighted by Gasteiger charge is 2.21. The summed E-state index contributed by atoms with van der Waals surface area (Å²) in [5.41, 5.74) is 11.2. The molecule has 1 unspecified atom stereocenters. The SMILES string of the molecule is CC(=O)c1cncc(-c2ccc3c(c2)CCN3C(C)N)c1. The normalized spacial score (nSPS) is 14.9. The topological polar surface area (TPSA) is 59.2 Å². The van der Waals surface area contributed by atoms with Crippen LogP contribution in [-0.2, 0) is 6.42 Å². The Kier molecular flexibility index (Phi) is 3.47. The highest BCUT2D eigenvalue weighted by Crippen LogP contribution is 2.32. The first kappa shape index (κ1) is 13.8. The number of carbonyl (C=O) groups is 1. The molecule has 108 valence electrons. The first-order chi connectivity index (χ1) is 10.1. The molecule has 2 aromatic rings. The Labute approximate surface area is 124 Å². The van der Waals surface area contributed by atoms with Crippen LogP contribution in [0.2, 0.25) is 0 Å². The Balaban J connectivity index is 1.98. The minimum Gasteiger partial charge on any atom is -0.356 e. The minimum atomic E-state index is 0.0276. The predicted molar refractivity (Wildman–Crippen MR) is 84.4 cm³/mol. The van der Waals surface area contributed by atoms with Crippen LogP contribution in [0.25, 0.3) is 11.1 Å². The number of Topliss-reactive ketones (excluding diaryl/α,β-unsaturated/α-hetero) is 1. The number of hydrogen-bond acceptors (Lipinski definition) is 4. The van der Waals surface area contributed by atoms with Crippen LogP contribution in [0.1, 0.15) is 29.8 Å². The van der Waals surface area contributed by atoms with Crippen LogP contribution in [0.4, 0.5) is 5.69 Å². The van der Waals surface area contributed by atoms with Crippen LogP contribution in [0.15, 0.2) is 36.7 Å². The van der Waals surface area contributed by atoms with Crippen molar-refractivity contribution in [3.63, 3.8) is 0 Å². The third-order valence-corrected chi connectivity index (χ3v) is 3.98. The van der Waals surface area contributed by atoms with Crippen LogP contribution < -0.4 is 10.6 Å². The summed E-state index contributed by atoms with van der Waals surface area (Å²) in [5.74, 6) is 0.0358. The number of benzene rings is 1. The first-order valence-electron chi connectivity index (χ1n) is 7.18. The van der Waals surface area contributed by atoms with Gasteiger partial charge in [0.15, 0.2) is 5.78 Å². The Bertz CT molecular complexity index is 694. The van der Waals surface area contributed by atoms with Crippen LogP contribution in [0.5, 0.6) is 0 Å². The quantitative estimate of drug-likeness (QED) is 0.879. The van der Waals surface area contributed by atoms with Crippen molar-refractivity contribution in [1.29, 1.82) is 0 Å². The van der Waals surface area contributed by atoms with Gasteiger partial charge in [-0.3, -0.25) is 9.78 Å². The molecule has 2 N–H and O–H groups in total. The van der Waals surface area contributed by atoms with Crippen LogP contribution in [0, 0.1) is 0 Å². The van der Waals surface area contributed by atoms with E-state index in [0.717, 1.165) is 24.1 Å². The first-order valence-corrected chi connectivity index (χ1v) is 7.18. The number of anilines is 1. The predicted octanol–water partition coefficient (Wildman–Crippen LogP) is 2.62. The van der Waals surface area contributed by atoms with Crippen LogP contribution in [-0.4, -0.2) is 23.5 Å². The number of rotatable bonds is 3. The fraction of sp³-hybridized carbons (Fsp3) is 0.294. The summed E-state index contributed by atoms with van der Waals surface area (Å²) < 4.78 is 0. The monoisotopic (exact) mass is 281 g/mol. The zero-order valence-electron chi connectivity index (χ0n) is 12.3. The molecule has 0 saturated carbocycles. The average Bonchev–Trinajstić information content (AvgIpc) is 2.90. The summed E-state index contributed by atoms with van der Waals surface area (Å²) in [6, 6.07) is 8.26. The van der Waals surface area contributed by atoms with Gasteiger partial charge in [0.1, 0.15) is 0 Å². The second kappa shape index (κ2) is 5.30. The number of pyridine rings is 1. The highest BCUT2D eigenvalue weighted by molar-refractivity contribution is 5.94. The Morgan fingerprint density at radius 1 is 1.29 bits per heavy atom. The number of hydrogen-bond donors (Lipinski definition) is 1. The zero-order chi connectivity index (χ0) is 15.0. The van der Waals surface area contributed by atoms with E-state index in [2.05, 4.69) is 28.1 Å². The molecule has 3 rings (SSSR count). The number of carbonyl (C=O) groups excluding carboxylic acids is 1. The third-order valence-electron chi connectivity index (χ3n) is 3.98. The molecular formula is C17H19N3O. The summed E-state index contributed by atoms with van der Waals surface area (Å²) in [7, 11) is 0. The minimum absolute atomic E-state index is 0.0276. The molecule has 0 radical (unpaired) electrons. The lowest BCUT2D eigenvalue weighted by Crippen LogP contribution is -2.38. The maximum absolute atomic E-state index is 11.5. The molecule has 4 nitrogen and oxygen atoms in total. The van der Waals surface area contributed by atoms with E-state index in [4.69, 9.17) is 5.73 Å². The fourth-order valence-electron chi connectivity index (χ4n) is 2.82. The van der Waals surface area contributed by atoms with E-state index in [1.807, 2.05) is 13.0 Å². The summed E-state index contributed by atoms with van der Waals surface area (Å²) in [6.45, 7) is 4.52. The molecule has 0 fully saturated rings. The lowest BCUT2D eigenvalue weighted by molar-refractivity contribution is 0.101. The van der Waals surface area contributed by atoms with Gasteiger partial charge in [-0.15, -0.1) is 0 Å². The molecule has 21 heavy (non-hydrogen) atoms. The van der Waals surface area contributed by atoms with Gasteiger partial charge in [0.2, 0.25) is 0 Å². The molecule has 1 aliphatic heterocycles. The second-order valence-electron chi connectivity index (χ2n) is 5.55. The second-order valence-corrected chi connectivity index (χ2v) is 5.55. The third kappa shape index (κ3) is 2.54. The molecule has 0 amide bonds. The number of fused-ring (bicyclic) bond motifs is 1. The van der Waals surface area contributed by atoms with Crippen molar-refractivity contribution >= 4 is 11.5 Å². The van der Waals surface area contributed by atoms with Gasteiger partial charge in [0.05, 0.1) is 6.17 Å². The average molecular weight is 281 g/mol. The van der Waals surface area contributed by atoms with E-state index in [1.165, 1.54) is 11.3 Å². The zero-order valence-corrected chi connectivity index (χ0v) is 12.3. The summed E-state index contributed by atoms with van der Waals surface area (Å²) in [6.07, 6.45) is 4.44. The van der Waals surface area contributed by atoms with Crippen molar-refractivity contribution in [3.8, 4) is 11.1 Å². The number of nitrogens with zero attached hydrogens (tertiary/aromatic N) is 2. The molecule has 1 atom stereocenters. The van der Waals surface area contributed by atoms with E-state index >= 15 is 0 Å². The molecule has 4 heteroatoms. The van der Waals surface area contributed by atoms with E-state index in [-0.39, 0.29) is 11.9 Å². The maximum atomic E-state index is 11.5. The number of nitrogens with two attached hydrogens (primary N) is 1. The van der Waals surface area contributed by atoms with E-state index in [1.54, 1.807) is 19.3 Å². The van der Waals surface area contributed by atoms with Crippen molar-refractivity contribution in [2.45, 2.75) is 26.4 Å². The maximum Gasteiger partial charge on any atom is 0.161 e. The van der Waals surface area contributed by atoms with Gasteiger partial charge in [-0.25, -0.2) is 0 Å². The van der Waals surface area contributed by atoms with E-state index in [0.29, 0.717) is 5.56 Å². The Morgan fingerprint density at radius 3 is 2.81 bits per heavy atom. The highest BCUT2D eigenvalue weighted by atomic mass is 16.1. The van der Waals surface area contributed by atoms with Crippen LogP contribution in [0.3, 0.4) is 0 Å². The molecular weight excluding hydrogens is 262 g/mol. The lowest BCUT2D eigenvalue weighted by atomic mass is 10.0. The molecule has 1 aromatic heterocycles. The standard InChI is InChI=1S/C17H19N3O/c1-11(21)15-8-16(10-19-9-15)13-3-4-17-14(7-13)5-6-20(17)12(2)18/h3-4,7-10,12H,5-6,18H2,1-2H3. The van der Waals surface area contributed by atoms with Gasteiger partial charge in [-0.2, -0.15) is 0 Å². The number of ketones is 1. The fourth-order valence-corrected chi connectivity index (χ4v) is 2.82. The largest absolute Gasteiger partial charge is 0.356 e. The van der Waals surface area contributed by atoms with Crippen LogP contribution >= 0.6 is 0 Å². The van der Waals surface area contributed by atoms with Crippen molar-refractivity contribution in [2.24, 2.45) is 5.73 Å². The lowest BCUT2D eigenvalue weighted by Gasteiger charge is -2.23. The molecule has 1 aliphatic rings. The van der Waals surface area contributed by atoms with Gasteiger partial charge >= 0.3 is 0 Å². The van der Waals surface area contributed by atoms with Gasteiger partial charge in [0.25, 0.3) is 0 Å². The molecule has 0 bridgehead atoms. The van der Waals surface area contributed by atoms with Crippen molar-refractivity contribution in [2.75, 3.05) is 11.4 Å². The Morgan fingerprint density at radius 2 is 2.10 bits per heavy atom. The van der Waals surface area contributed by atoms with Gasteiger partial charge in [-0.1, -0.05) is 6.07 Å².